The van der Waals surface area contributed by atoms with Gasteiger partial charge in [0.1, 0.15) is 6.17 Å². The van der Waals surface area contributed by atoms with Gasteiger partial charge in [0.05, 0.1) is 6.04 Å². The maximum absolute atomic E-state index is 12.9. The van der Waals surface area contributed by atoms with E-state index < -0.39 is 6.17 Å². The molecule has 0 unspecified atom stereocenters. The highest BCUT2D eigenvalue weighted by Gasteiger charge is 2.31. The maximum atomic E-state index is 12.9. The second-order valence-corrected chi connectivity index (χ2v) is 3.61. The third-order valence-corrected chi connectivity index (χ3v) is 2.39. The highest BCUT2D eigenvalue weighted by molar-refractivity contribution is 5.85. The van der Waals surface area contributed by atoms with Crippen molar-refractivity contribution in [3.05, 3.63) is 25.3 Å². The minimum Gasteiger partial charge on any atom is -0.334 e. The third-order valence-electron chi connectivity index (χ3n) is 2.39. The summed E-state index contributed by atoms with van der Waals surface area (Å²) in [5.74, 6) is -0.0741. The number of carbonyl (C=O) groups excluding carboxylic acids is 1. The summed E-state index contributed by atoms with van der Waals surface area (Å²) in [6.07, 6.45) is 2.67. The number of alkyl halides is 1. The van der Waals surface area contributed by atoms with Crippen LogP contribution in [0.1, 0.15) is 6.42 Å². The number of carbonyl (C=O) groups is 1. The number of amides is 1. The Bertz CT molecular complexity index is 250. The second kappa shape index (κ2) is 7.41. The Morgan fingerprint density at radius 1 is 1.44 bits per heavy atom. The van der Waals surface area contributed by atoms with E-state index in [4.69, 9.17) is 0 Å². The predicted molar refractivity (Wildman–Crippen MR) is 65.5 cm³/mol. The first-order valence-corrected chi connectivity index (χ1v) is 5.07. The first-order valence-electron chi connectivity index (χ1n) is 5.07. The molecule has 5 heteroatoms. The number of hydrogen-bond donors (Lipinski definition) is 1. The van der Waals surface area contributed by atoms with E-state index in [9.17, 15) is 9.18 Å². The molecular weight excluding hydrogens is 231 g/mol. The fourth-order valence-corrected chi connectivity index (χ4v) is 1.67. The van der Waals surface area contributed by atoms with Crippen LogP contribution in [0.2, 0.25) is 0 Å². The van der Waals surface area contributed by atoms with E-state index in [1.165, 1.54) is 0 Å². The molecule has 0 saturated carbocycles. The highest BCUT2D eigenvalue weighted by atomic mass is 35.5. The molecule has 1 amide bonds. The SMILES string of the molecule is C=CCN(CC=C)C(=O)[C@H]1C[C@H](F)CN1.Cl. The van der Waals surface area contributed by atoms with Crippen molar-refractivity contribution in [2.75, 3.05) is 19.6 Å². The molecule has 1 saturated heterocycles. The molecular formula is C11H18ClFN2O. The van der Waals surface area contributed by atoms with Gasteiger partial charge in [-0.15, -0.1) is 25.6 Å². The summed E-state index contributed by atoms with van der Waals surface area (Å²) in [4.78, 5) is 13.5. The lowest BCUT2D eigenvalue weighted by Gasteiger charge is -2.22. The smallest absolute Gasteiger partial charge is 0.240 e. The molecule has 1 N–H and O–H groups in total. The van der Waals surface area contributed by atoms with Crippen LogP contribution >= 0.6 is 12.4 Å². The second-order valence-electron chi connectivity index (χ2n) is 3.61. The Kier molecular flexibility index (Phi) is 7.01. The minimum absolute atomic E-state index is 0. The molecule has 0 spiro atoms. The molecule has 2 atom stereocenters. The van der Waals surface area contributed by atoms with Crippen LogP contribution in [0.25, 0.3) is 0 Å². The van der Waals surface area contributed by atoms with Gasteiger partial charge in [-0.25, -0.2) is 4.39 Å². The lowest BCUT2D eigenvalue weighted by atomic mass is 10.2. The van der Waals surface area contributed by atoms with Gasteiger partial charge in [-0.1, -0.05) is 12.2 Å². The van der Waals surface area contributed by atoms with Crippen LogP contribution in [0.15, 0.2) is 25.3 Å². The Morgan fingerprint density at radius 2 is 2.00 bits per heavy atom. The van der Waals surface area contributed by atoms with Gasteiger partial charge in [-0.3, -0.25) is 4.79 Å². The molecule has 0 bridgehead atoms. The van der Waals surface area contributed by atoms with Crippen LogP contribution in [0.3, 0.4) is 0 Å². The summed E-state index contributed by atoms with van der Waals surface area (Å²) in [5, 5.41) is 2.87. The summed E-state index contributed by atoms with van der Waals surface area (Å²) in [6, 6.07) is -0.389. The maximum Gasteiger partial charge on any atom is 0.240 e. The molecule has 0 aromatic carbocycles. The van der Waals surface area contributed by atoms with Crippen molar-refractivity contribution in [1.29, 1.82) is 0 Å². The molecule has 0 aromatic rings. The molecule has 92 valence electrons. The zero-order valence-corrected chi connectivity index (χ0v) is 10.0. The normalized spacial score (nSPS) is 23.3. The molecule has 1 aliphatic rings. The van der Waals surface area contributed by atoms with Crippen molar-refractivity contribution in [2.45, 2.75) is 18.6 Å². The average Bonchev–Trinajstić information content (AvgIpc) is 2.63. The summed E-state index contributed by atoms with van der Waals surface area (Å²) < 4.78 is 12.9. The Labute approximate surface area is 102 Å². The molecule has 0 aromatic heterocycles. The van der Waals surface area contributed by atoms with Crippen LogP contribution < -0.4 is 5.32 Å². The monoisotopic (exact) mass is 248 g/mol. The molecule has 1 heterocycles. The quantitative estimate of drug-likeness (QED) is 0.744. The predicted octanol–water partition coefficient (Wildman–Crippen LogP) is 1.31. The first-order chi connectivity index (χ1) is 7.19. The fourth-order valence-electron chi connectivity index (χ4n) is 1.67. The Hall–Kier alpha value is -0.870. The van der Waals surface area contributed by atoms with Gasteiger partial charge >= 0.3 is 0 Å². The zero-order valence-electron chi connectivity index (χ0n) is 9.19. The van der Waals surface area contributed by atoms with E-state index in [1.807, 2.05) is 0 Å². The Balaban J connectivity index is 0.00000225. The number of nitrogens with one attached hydrogen (secondary N) is 1. The van der Waals surface area contributed by atoms with Gasteiger partial charge < -0.3 is 10.2 Å². The van der Waals surface area contributed by atoms with Crippen LogP contribution in [0.5, 0.6) is 0 Å². The highest BCUT2D eigenvalue weighted by Crippen LogP contribution is 2.12. The third kappa shape index (κ3) is 3.94. The molecule has 16 heavy (non-hydrogen) atoms. The van der Waals surface area contributed by atoms with E-state index in [-0.39, 0.29) is 37.3 Å². The lowest BCUT2D eigenvalue weighted by Crippen LogP contribution is -2.43. The van der Waals surface area contributed by atoms with E-state index in [0.717, 1.165) is 0 Å². The van der Waals surface area contributed by atoms with Gasteiger partial charge in [-0.05, 0) is 0 Å². The summed E-state index contributed by atoms with van der Waals surface area (Å²) in [7, 11) is 0. The molecule has 1 aliphatic heterocycles. The van der Waals surface area contributed by atoms with Crippen molar-refractivity contribution in [2.24, 2.45) is 0 Å². The van der Waals surface area contributed by atoms with Crippen LogP contribution in [-0.4, -0.2) is 42.7 Å². The van der Waals surface area contributed by atoms with Gasteiger partial charge in [0.2, 0.25) is 5.91 Å². The van der Waals surface area contributed by atoms with E-state index >= 15 is 0 Å². The van der Waals surface area contributed by atoms with Crippen molar-refractivity contribution in [3.63, 3.8) is 0 Å². The lowest BCUT2D eigenvalue weighted by molar-refractivity contribution is -0.132. The topological polar surface area (TPSA) is 32.3 Å². The van der Waals surface area contributed by atoms with Gasteiger partial charge in [0, 0.05) is 26.1 Å². The number of rotatable bonds is 5. The molecule has 0 aliphatic carbocycles. The summed E-state index contributed by atoms with van der Waals surface area (Å²) in [5.41, 5.74) is 0. The first kappa shape index (κ1) is 15.1. The molecule has 1 rings (SSSR count). The van der Waals surface area contributed by atoms with Gasteiger partial charge in [-0.2, -0.15) is 0 Å². The van der Waals surface area contributed by atoms with Crippen molar-refractivity contribution < 1.29 is 9.18 Å². The number of hydrogen-bond acceptors (Lipinski definition) is 2. The molecule has 1 fully saturated rings. The van der Waals surface area contributed by atoms with E-state index in [1.54, 1.807) is 17.1 Å². The minimum atomic E-state index is -0.909. The number of nitrogens with zero attached hydrogens (tertiary/aromatic N) is 1. The fraction of sp³-hybridized carbons (Fsp3) is 0.545. The van der Waals surface area contributed by atoms with Crippen molar-refractivity contribution >= 4 is 18.3 Å². The van der Waals surface area contributed by atoms with Crippen LogP contribution in [-0.2, 0) is 4.79 Å². The largest absolute Gasteiger partial charge is 0.334 e. The zero-order chi connectivity index (χ0) is 11.3. The number of halogens is 2. The molecule has 3 nitrogen and oxygen atoms in total. The summed E-state index contributed by atoms with van der Waals surface area (Å²) >= 11 is 0. The van der Waals surface area contributed by atoms with Crippen molar-refractivity contribution in [1.82, 2.24) is 10.2 Å². The van der Waals surface area contributed by atoms with E-state index in [2.05, 4.69) is 18.5 Å². The Morgan fingerprint density at radius 3 is 2.38 bits per heavy atom. The standard InChI is InChI=1S/C11H17FN2O.ClH/c1-3-5-14(6-4-2)11(15)10-7-9(12)8-13-10;/h3-4,9-10,13H,1-2,5-8H2;1H/t9-,10+;/m0./s1. The van der Waals surface area contributed by atoms with Crippen LogP contribution in [0, 0.1) is 0 Å². The van der Waals surface area contributed by atoms with Crippen molar-refractivity contribution in [3.8, 4) is 0 Å². The average molecular weight is 249 g/mol. The van der Waals surface area contributed by atoms with Gasteiger partial charge in [0.25, 0.3) is 0 Å². The van der Waals surface area contributed by atoms with E-state index in [0.29, 0.717) is 13.1 Å². The summed E-state index contributed by atoms with van der Waals surface area (Å²) in [6.45, 7) is 8.38. The molecule has 0 radical (unpaired) electrons. The van der Waals surface area contributed by atoms with Crippen LogP contribution in [0.4, 0.5) is 4.39 Å². The van der Waals surface area contributed by atoms with Gasteiger partial charge in [0.15, 0.2) is 0 Å².